The third-order valence-electron chi connectivity index (χ3n) is 2.52. The van der Waals surface area contributed by atoms with Crippen molar-refractivity contribution in [1.82, 2.24) is 5.43 Å². The number of nitrogens with two attached hydrogens (primary N) is 2. The van der Waals surface area contributed by atoms with Crippen LogP contribution < -0.4 is 17.0 Å². The molecule has 84 valence electrons. The Balaban J connectivity index is 2.40. The Labute approximate surface area is 99.1 Å². The zero-order valence-electron chi connectivity index (χ0n) is 9.10. The lowest BCUT2D eigenvalue weighted by atomic mass is 10.0. The van der Waals surface area contributed by atoms with Crippen LogP contribution in [0.15, 0.2) is 36.4 Å². The number of hydrazine groups is 1. The topological polar surface area (TPSA) is 64.1 Å². The van der Waals surface area contributed by atoms with Crippen molar-refractivity contribution in [2.45, 2.75) is 13.0 Å². The maximum Gasteiger partial charge on any atom is 0.0822 e. The fourth-order valence-corrected chi connectivity index (χ4v) is 2.66. The molecule has 0 amide bonds. The van der Waals surface area contributed by atoms with Crippen LogP contribution in [0.4, 0.5) is 5.69 Å². The van der Waals surface area contributed by atoms with Gasteiger partial charge in [-0.05, 0) is 30.7 Å². The number of benzene rings is 1. The van der Waals surface area contributed by atoms with E-state index < -0.39 is 0 Å². The molecule has 16 heavy (non-hydrogen) atoms. The summed E-state index contributed by atoms with van der Waals surface area (Å²) in [6, 6.07) is 11.9. The lowest BCUT2D eigenvalue weighted by Gasteiger charge is -2.16. The SMILES string of the molecule is Cc1ccc(C(NN)c2ccccc2N)s1. The van der Waals surface area contributed by atoms with E-state index in [0.717, 1.165) is 11.3 Å². The lowest BCUT2D eigenvalue weighted by molar-refractivity contribution is 0.648. The van der Waals surface area contributed by atoms with Gasteiger partial charge in [-0.3, -0.25) is 5.84 Å². The molecule has 3 nitrogen and oxygen atoms in total. The van der Waals surface area contributed by atoms with E-state index in [1.807, 2.05) is 24.3 Å². The van der Waals surface area contributed by atoms with Crippen molar-refractivity contribution in [3.05, 3.63) is 51.7 Å². The van der Waals surface area contributed by atoms with Gasteiger partial charge in [0.1, 0.15) is 0 Å². The second kappa shape index (κ2) is 4.65. The predicted molar refractivity (Wildman–Crippen MR) is 69.1 cm³/mol. The van der Waals surface area contributed by atoms with E-state index in [1.165, 1.54) is 9.75 Å². The van der Waals surface area contributed by atoms with Crippen molar-refractivity contribution in [3.63, 3.8) is 0 Å². The van der Waals surface area contributed by atoms with Gasteiger partial charge in [-0.2, -0.15) is 0 Å². The first kappa shape index (κ1) is 11.1. The predicted octanol–water partition coefficient (Wildman–Crippen LogP) is 2.19. The molecule has 5 N–H and O–H groups in total. The van der Waals surface area contributed by atoms with Crippen LogP contribution >= 0.6 is 11.3 Å². The normalized spacial score (nSPS) is 12.6. The molecule has 1 unspecified atom stereocenters. The zero-order valence-corrected chi connectivity index (χ0v) is 9.92. The van der Waals surface area contributed by atoms with E-state index in [2.05, 4.69) is 24.5 Å². The van der Waals surface area contributed by atoms with Crippen LogP contribution in [0, 0.1) is 6.92 Å². The van der Waals surface area contributed by atoms with Gasteiger partial charge in [-0.15, -0.1) is 11.3 Å². The molecule has 4 heteroatoms. The third kappa shape index (κ3) is 2.09. The lowest BCUT2D eigenvalue weighted by Crippen LogP contribution is -2.28. The molecule has 0 bridgehead atoms. The highest BCUT2D eigenvalue weighted by Crippen LogP contribution is 2.30. The largest absolute Gasteiger partial charge is 0.398 e. The van der Waals surface area contributed by atoms with E-state index >= 15 is 0 Å². The van der Waals surface area contributed by atoms with Crippen LogP contribution in [0.5, 0.6) is 0 Å². The standard InChI is InChI=1S/C12H15N3S/c1-8-6-7-11(16-8)12(15-14)9-4-2-3-5-10(9)13/h2-7,12,15H,13-14H2,1H3. The first-order chi connectivity index (χ1) is 7.72. The minimum absolute atomic E-state index is 0.0279. The minimum atomic E-state index is -0.0279. The molecule has 2 rings (SSSR count). The second-order valence-electron chi connectivity index (χ2n) is 3.68. The highest BCUT2D eigenvalue weighted by molar-refractivity contribution is 7.12. The summed E-state index contributed by atoms with van der Waals surface area (Å²) in [5.41, 5.74) is 10.6. The van der Waals surface area contributed by atoms with Gasteiger partial charge in [0.25, 0.3) is 0 Å². The van der Waals surface area contributed by atoms with Crippen molar-refractivity contribution in [3.8, 4) is 0 Å². The summed E-state index contributed by atoms with van der Waals surface area (Å²) < 4.78 is 0. The summed E-state index contributed by atoms with van der Waals surface area (Å²) in [4.78, 5) is 2.45. The van der Waals surface area contributed by atoms with E-state index in [4.69, 9.17) is 11.6 Å². The molecule has 0 fully saturated rings. The minimum Gasteiger partial charge on any atom is -0.398 e. The second-order valence-corrected chi connectivity index (χ2v) is 5.00. The Kier molecular flexibility index (Phi) is 3.24. The number of nitrogens with one attached hydrogen (secondary N) is 1. The van der Waals surface area contributed by atoms with E-state index in [9.17, 15) is 0 Å². The Morgan fingerprint density at radius 3 is 2.50 bits per heavy atom. The quantitative estimate of drug-likeness (QED) is 0.432. The third-order valence-corrected chi connectivity index (χ3v) is 3.58. The smallest absolute Gasteiger partial charge is 0.0822 e. The molecule has 0 aliphatic carbocycles. The number of para-hydroxylation sites is 1. The molecule has 0 spiro atoms. The first-order valence-corrected chi connectivity index (χ1v) is 5.91. The van der Waals surface area contributed by atoms with Gasteiger partial charge in [0.05, 0.1) is 6.04 Å². The Morgan fingerprint density at radius 1 is 1.19 bits per heavy atom. The maximum absolute atomic E-state index is 5.95. The Hall–Kier alpha value is -1.36. The molecule has 0 aliphatic heterocycles. The molecular formula is C12H15N3S. The van der Waals surface area contributed by atoms with E-state index in [0.29, 0.717) is 0 Å². The van der Waals surface area contributed by atoms with Crippen LogP contribution in [0.3, 0.4) is 0 Å². The van der Waals surface area contributed by atoms with Crippen molar-refractivity contribution < 1.29 is 0 Å². The molecule has 0 saturated heterocycles. The Bertz CT molecular complexity index is 479. The van der Waals surface area contributed by atoms with Gasteiger partial charge in [-0.25, -0.2) is 5.43 Å². The Morgan fingerprint density at radius 2 is 1.94 bits per heavy atom. The summed E-state index contributed by atoms with van der Waals surface area (Å²) in [6.45, 7) is 2.08. The number of aryl methyl sites for hydroxylation is 1. The van der Waals surface area contributed by atoms with Gasteiger partial charge in [0.2, 0.25) is 0 Å². The highest BCUT2D eigenvalue weighted by Gasteiger charge is 2.15. The molecule has 1 atom stereocenters. The molecule has 0 aliphatic rings. The average Bonchev–Trinajstić information content (AvgIpc) is 2.69. The summed E-state index contributed by atoms with van der Waals surface area (Å²) >= 11 is 1.73. The summed E-state index contributed by atoms with van der Waals surface area (Å²) in [5, 5.41) is 0. The summed E-state index contributed by atoms with van der Waals surface area (Å²) in [6.07, 6.45) is 0. The van der Waals surface area contributed by atoms with Crippen molar-refractivity contribution in [2.75, 3.05) is 5.73 Å². The van der Waals surface area contributed by atoms with Gasteiger partial charge in [-0.1, -0.05) is 18.2 Å². The maximum atomic E-state index is 5.95. The van der Waals surface area contributed by atoms with Gasteiger partial charge < -0.3 is 5.73 Å². The van der Waals surface area contributed by atoms with Crippen molar-refractivity contribution >= 4 is 17.0 Å². The molecular weight excluding hydrogens is 218 g/mol. The van der Waals surface area contributed by atoms with Crippen LogP contribution in [0.25, 0.3) is 0 Å². The number of hydrogen-bond acceptors (Lipinski definition) is 4. The van der Waals surface area contributed by atoms with Gasteiger partial charge >= 0.3 is 0 Å². The highest BCUT2D eigenvalue weighted by atomic mass is 32.1. The zero-order chi connectivity index (χ0) is 11.5. The number of nitrogen functional groups attached to an aromatic ring is 1. The molecule has 1 heterocycles. The molecule has 1 aromatic heterocycles. The molecule has 0 saturated carbocycles. The van der Waals surface area contributed by atoms with Crippen molar-refractivity contribution in [2.24, 2.45) is 5.84 Å². The first-order valence-electron chi connectivity index (χ1n) is 5.09. The molecule has 1 aromatic carbocycles. The number of hydrogen-bond donors (Lipinski definition) is 3. The number of thiophene rings is 1. The fourth-order valence-electron chi connectivity index (χ4n) is 1.71. The van der Waals surface area contributed by atoms with Crippen LogP contribution in [0.1, 0.15) is 21.4 Å². The van der Waals surface area contributed by atoms with Crippen LogP contribution in [0.2, 0.25) is 0 Å². The van der Waals surface area contributed by atoms with Crippen LogP contribution in [-0.4, -0.2) is 0 Å². The number of rotatable bonds is 3. The molecule has 0 radical (unpaired) electrons. The fraction of sp³-hybridized carbons (Fsp3) is 0.167. The average molecular weight is 233 g/mol. The van der Waals surface area contributed by atoms with Gasteiger partial charge in [0, 0.05) is 15.4 Å². The van der Waals surface area contributed by atoms with E-state index in [1.54, 1.807) is 11.3 Å². The molecule has 2 aromatic rings. The number of anilines is 1. The summed E-state index contributed by atoms with van der Waals surface area (Å²) in [7, 11) is 0. The summed E-state index contributed by atoms with van der Waals surface area (Å²) in [5.74, 6) is 5.62. The van der Waals surface area contributed by atoms with Crippen LogP contribution in [-0.2, 0) is 0 Å². The van der Waals surface area contributed by atoms with Gasteiger partial charge in [0.15, 0.2) is 0 Å². The van der Waals surface area contributed by atoms with E-state index in [-0.39, 0.29) is 6.04 Å². The van der Waals surface area contributed by atoms with Crippen molar-refractivity contribution in [1.29, 1.82) is 0 Å². The monoisotopic (exact) mass is 233 g/mol.